The van der Waals surface area contributed by atoms with E-state index in [-0.39, 0.29) is 11.9 Å². The van der Waals surface area contributed by atoms with Gasteiger partial charge in [0.2, 0.25) is 0 Å². The first-order chi connectivity index (χ1) is 9.74. The van der Waals surface area contributed by atoms with Crippen LogP contribution >= 0.6 is 0 Å². The number of piperidine rings is 1. The molecule has 2 heterocycles. The fraction of sp³-hybridized carbons (Fsp3) is 0.400. The summed E-state index contributed by atoms with van der Waals surface area (Å²) in [5, 5.41) is 4.05. The van der Waals surface area contributed by atoms with E-state index in [1.807, 2.05) is 24.3 Å². The minimum Gasteiger partial charge on any atom is -0.459 e. The van der Waals surface area contributed by atoms with Crippen molar-refractivity contribution in [3.8, 4) is 6.01 Å². The number of rotatable bonds is 3. The van der Waals surface area contributed by atoms with Gasteiger partial charge in [0.05, 0.1) is 5.52 Å². The Bertz CT molecular complexity index is 636. The largest absolute Gasteiger partial charge is 0.459 e. The second-order valence-electron chi connectivity index (χ2n) is 5.01. The van der Waals surface area contributed by atoms with E-state index in [9.17, 15) is 4.79 Å². The molecule has 0 aliphatic carbocycles. The SMILES string of the molecule is CC(=O)c1nc(OC2CCCNC2)nc2ccccc12. The van der Waals surface area contributed by atoms with E-state index < -0.39 is 0 Å². The highest BCUT2D eigenvalue weighted by Crippen LogP contribution is 2.20. The van der Waals surface area contributed by atoms with Crippen LogP contribution in [0.5, 0.6) is 6.01 Å². The minimum atomic E-state index is -0.0739. The molecular weight excluding hydrogens is 254 g/mol. The summed E-state index contributed by atoms with van der Waals surface area (Å²) in [6.45, 7) is 3.34. The summed E-state index contributed by atoms with van der Waals surface area (Å²) in [6, 6.07) is 7.80. The lowest BCUT2D eigenvalue weighted by atomic mass is 10.1. The average molecular weight is 271 g/mol. The zero-order valence-electron chi connectivity index (χ0n) is 11.4. The molecule has 1 aliphatic rings. The van der Waals surface area contributed by atoms with Gasteiger partial charge in [-0.2, -0.15) is 9.97 Å². The quantitative estimate of drug-likeness (QED) is 0.865. The van der Waals surface area contributed by atoms with E-state index in [4.69, 9.17) is 4.74 Å². The van der Waals surface area contributed by atoms with Gasteiger partial charge < -0.3 is 10.1 Å². The number of carbonyl (C=O) groups is 1. The molecule has 20 heavy (non-hydrogen) atoms. The van der Waals surface area contributed by atoms with Gasteiger partial charge in [0, 0.05) is 18.9 Å². The van der Waals surface area contributed by atoms with Crippen LogP contribution in [0.25, 0.3) is 10.9 Å². The summed E-state index contributed by atoms with van der Waals surface area (Å²) in [6.07, 6.45) is 2.14. The highest BCUT2D eigenvalue weighted by atomic mass is 16.5. The van der Waals surface area contributed by atoms with Crippen molar-refractivity contribution in [2.24, 2.45) is 0 Å². The second-order valence-corrected chi connectivity index (χ2v) is 5.01. The van der Waals surface area contributed by atoms with Crippen molar-refractivity contribution < 1.29 is 9.53 Å². The van der Waals surface area contributed by atoms with Crippen LogP contribution in [-0.4, -0.2) is 34.9 Å². The topological polar surface area (TPSA) is 64.1 Å². The molecule has 1 unspecified atom stereocenters. The van der Waals surface area contributed by atoms with Crippen molar-refractivity contribution in [1.82, 2.24) is 15.3 Å². The number of hydrogen-bond donors (Lipinski definition) is 1. The third-order valence-electron chi connectivity index (χ3n) is 3.44. The Hall–Kier alpha value is -2.01. The van der Waals surface area contributed by atoms with Gasteiger partial charge in [0.15, 0.2) is 5.78 Å². The van der Waals surface area contributed by atoms with Crippen molar-refractivity contribution in [1.29, 1.82) is 0 Å². The number of nitrogens with zero attached hydrogens (tertiary/aromatic N) is 2. The Labute approximate surface area is 117 Å². The molecule has 2 aromatic rings. The molecule has 1 fully saturated rings. The van der Waals surface area contributed by atoms with E-state index >= 15 is 0 Å². The number of para-hydroxylation sites is 1. The van der Waals surface area contributed by atoms with Gasteiger partial charge in [-0.3, -0.25) is 4.79 Å². The number of ketones is 1. The number of ether oxygens (including phenoxy) is 1. The molecule has 5 nitrogen and oxygen atoms in total. The molecule has 1 saturated heterocycles. The van der Waals surface area contributed by atoms with Crippen molar-refractivity contribution in [3.63, 3.8) is 0 Å². The van der Waals surface area contributed by atoms with Crippen molar-refractivity contribution >= 4 is 16.7 Å². The lowest BCUT2D eigenvalue weighted by Crippen LogP contribution is -2.37. The van der Waals surface area contributed by atoms with Gasteiger partial charge in [0.25, 0.3) is 0 Å². The summed E-state index contributed by atoms with van der Waals surface area (Å²) >= 11 is 0. The van der Waals surface area contributed by atoms with Crippen LogP contribution in [-0.2, 0) is 0 Å². The maximum absolute atomic E-state index is 11.7. The Morgan fingerprint density at radius 1 is 1.35 bits per heavy atom. The number of Topliss-reactive ketones (excluding diaryl/α,β-unsaturated/α-hetero) is 1. The molecule has 3 rings (SSSR count). The molecule has 1 aliphatic heterocycles. The Morgan fingerprint density at radius 2 is 2.20 bits per heavy atom. The lowest BCUT2D eigenvalue weighted by Gasteiger charge is -2.23. The van der Waals surface area contributed by atoms with E-state index in [0.717, 1.165) is 36.8 Å². The smallest absolute Gasteiger partial charge is 0.317 e. The molecule has 0 radical (unpaired) electrons. The number of nitrogens with one attached hydrogen (secondary N) is 1. The van der Waals surface area contributed by atoms with E-state index in [1.54, 1.807) is 0 Å². The molecule has 1 aromatic heterocycles. The molecule has 104 valence electrons. The fourth-order valence-electron chi connectivity index (χ4n) is 2.45. The van der Waals surface area contributed by atoms with E-state index in [2.05, 4.69) is 15.3 Å². The Balaban J connectivity index is 1.96. The maximum atomic E-state index is 11.7. The van der Waals surface area contributed by atoms with Crippen molar-refractivity contribution in [3.05, 3.63) is 30.0 Å². The summed E-state index contributed by atoms with van der Waals surface area (Å²) < 4.78 is 5.82. The molecular formula is C15H17N3O2. The molecule has 0 bridgehead atoms. The monoisotopic (exact) mass is 271 g/mol. The number of benzene rings is 1. The summed E-state index contributed by atoms with van der Waals surface area (Å²) in [7, 11) is 0. The molecule has 1 atom stereocenters. The standard InChI is InChI=1S/C15H17N3O2/c1-10(19)14-12-6-2-3-7-13(12)17-15(18-14)20-11-5-4-8-16-9-11/h2-3,6-7,11,16H,4-5,8-9H2,1H3. The van der Waals surface area contributed by atoms with Crippen LogP contribution in [0.4, 0.5) is 0 Å². The number of fused-ring (bicyclic) bond motifs is 1. The van der Waals surface area contributed by atoms with Gasteiger partial charge in [-0.15, -0.1) is 0 Å². The lowest BCUT2D eigenvalue weighted by molar-refractivity contribution is 0.101. The van der Waals surface area contributed by atoms with Crippen LogP contribution in [0.1, 0.15) is 30.3 Å². The molecule has 0 spiro atoms. The zero-order chi connectivity index (χ0) is 13.9. The maximum Gasteiger partial charge on any atom is 0.317 e. The molecule has 1 aromatic carbocycles. The Morgan fingerprint density at radius 3 is 2.95 bits per heavy atom. The third-order valence-corrected chi connectivity index (χ3v) is 3.44. The van der Waals surface area contributed by atoms with E-state index in [0.29, 0.717) is 11.7 Å². The molecule has 1 N–H and O–H groups in total. The second kappa shape index (κ2) is 5.54. The number of aromatic nitrogens is 2. The molecule has 5 heteroatoms. The zero-order valence-corrected chi connectivity index (χ0v) is 11.4. The van der Waals surface area contributed by atoms with Crippen LogP contribution in [0.2, 0.25) is 0 Å². The molecule has 0 saturated carbocycles. The predicted octanol–water partition coefficient (Wildman–Crippen LogP) is 1.96. The average Bonchev–Trinajstić information content (AvgIpc) is 2.47. The van der Waals surface area contributed by atoms with Gasteiger partial charge in [0.1, 0.15) is 11.8 Å². The Kier molecular flexibility index (Phi) is 3.60. The highest BCUT2D eigenvalue weighted by Gasteiger charge is 2.18. The van der Waals surface area contributed by atoms with Crippen LogP contribution in [0, 0.1) is 0 Å². The first-order valence-electron chi connectivity index (χ1n) is 6.89. The van der Waals surface area contributed by atoms with Crippen molar-refractivity contribution in [2.75, 3.05) is 13.1 Å². The summed E-state index contributed by atoms with van der Waals surface area (Å²) in [5.74, 6) is -0.0739. The number of hydrogen-bond acceptors (Lipinski definition) is 5. The summed E-state index contributed by atoms with van der Waals surface area (Å²) in [5.41, 5.74) is 1.17. The minimum absolute atomic E-state index is 0.0738. The molecule has 0 amide bonds. The highest BCUT2D eigenvalue weighted by molar-refractivity contribution is 6.04. The van der Waals surface area contributed by atoms with Crippen LogP contribution in [0.3, 0.4) is 0 Å². The van der Waals surface area contributed by atoms with Gasteiger partial charge >= 0.3 is 6.01 Å². The third kappa shape index (κ3) is 2.63. The predicted molar refractivity (Wildman–Crippen MR) is 76.1 cm³/mol. The van der Waals surface area contributed by atoms with Crippen molar-refractivity contribution in [2.45, 2.75) is 25.9 Å². The summed E-state index contributed by atoms with van der Waals surface area (Å²) in [4.78, 5) is 20.4. The van der Waals surface area contributed by atoms with Gasteiger partial charge in [-0.25, -0.2) is 0 Å². The fourth-order valence-corrected chi connectivity index (χ4v) is 2.45. The first-order valence-corrected chi connectivity index (χ1v) is 6.89. The van der Waals surface area contributed by atoms with Crippen LogP contribution in [0.15, 0.2) is 24.3 Å². The number of carbonyl (C=O) groups excluding carboxylic acids is 1. The van der Waals surface area contributed by atoms with Gasteiger partial charge in [-0.05, 0) is 25.5 Å². The van der Waals surface area contributed by atoms with Gasteiger partial charge in [-0.1, -0.05) is 18.2 Å². The first kappa shape index (κ1) is 13.0. The van der Waals surface area contributed by atoms with E-state index in [1.165, 1.54) is 6.92 Å². The van der Waals surface area contributed by atoms with Crippen LogP contribution < -0.4 is 10.1 Å². The normalized spacial score (nSPS) is 18.9.